The lowest BCUT2D eigenvalue weighted by Crippen LogP contribution is -2.36. The Morgan fingerprint density at radius 1 is 1.22 bits per heavy atom. The predicted molar refractivity (Wildman–Crippen MR) is 89.3 cm³/mol. The highest BCUT2D eigenvalue weighted by Gasteiger charge is 2.29. The zero-order valence-electron chi connectivity index (χ0n) is 13.3. The number of hydrogen-bond donors (Lipinski definition) is 1. The maximum atomic E-state index is 5.70. The van der Waals surface area contributed by atoms with Crippen LogP contribution in [0, 0.1) is 5.92 Å². The minimum Gasteiger partial charge on any atom is -0.378 e. The van der Waals surface area contributed by atoms with Gasteiger partial charge in [0.2, 0.25) is 0 Å². The standard InChI is InChI=1S/C17H23N5O/c18-10-13-8-15(9-13)22-12-14(11-19-22)16-2-1-3-17(20-16)21-4-6-23-7-5-21/h1-3,11-13,15H,4-10,18H2. The molecule has 0 amide bonds. The van der Waals surface area contributed by atoms with E-state index in [0.717, 1.165) is 62.8 Å². The van der Waals surface area contributed by atoms with Crippen molar-refractivity contribution in [2.75, 3.05) is 37.7 Å². The highest BCUT2D eigenvalue weighted by molar-refractivity contribution is 5.60. The van der Waals surface area contributed by atoms with Gasteiger partial charge in [-0.2, -0.15) is 5.10 Å². The third-order valence-electron chi connectivity index (χ3n) is 4.89. The molecule has 1 saturated heterocycles. The quantitative estimate of drug-likeness (QED) is 0.930. The Hall–Kier alpha value is -1.92. The number of hydrogen-bond acceptors (Lipinski definition) is 5. The molecule has 2 aliphatic rings. The molecule has 23 heavy (non-hydrogen) atoms. The van der Waals surface area contributed by atoms with Gasteiger partial charge < -0.3 is 15.4 Å². The van der Waals surface area contributed by atoms with Gasteiger partial charge in [0, 0.05) is 24.8 Å². The number of ether oxygens (including phenoxy) is 1. The first kappa shape index (κ1) is 14.7. The van der Waals surface area contributed by atoms with Crippen LogP contribution in [0.3, 0.4) is 0 Å². The Kier molecular flexibility index (Phi) is 4.01. The lowest BCUT2D eigenvalue weighted by Gasteiger charge is -2.34. The van der Waals surface area contributed by atoms with Gasteiger partial charge in [-0.15, -0.1) is 0 Å². The van der Waals surface area contributed by atoms with Crippen LogP contribution in [0.2, 0.25) is 0 Å². The average Bonchev–Trinajstić information content (AvgIpc) is 3.05. The van der Waals surface area contributed by atoms with Crippen molar-refractivity contribution in [3.05, 3.63) is 30.6 Å². The molecule has 0 bridgehead atoms. The summed E-state index contributed by atoms with van der Waals surface area (Å²) in [6.07, 6.45) is 6.31. The molecule has 2 fully saturated rings. The van der Waals surface area contributed by atoms with E-state index in [0.29, 0.717) is 12.0 Å². The number of anilines is 1. The van der Waals surface area contributed by atoms with E-state index in [1.165, 1.54) is 0 Å². The average molecular weight is 313 g/mol. The van der Waals surface area contributed by atoms with E-state index >= 15 is 0 Å². The van der Waals surface area contributed by atoms with Gasteiger partial charge in [-0.1, -0.05) is 6.07 Å². The van der Waals surface area contributed by atoms with Crippen molar-refractivity contribution in [3.8, 4) is 11.3 Å². The molecule has 1 aliphatic heterocycles. The van der Waals surface area contributed by atoms with Gasteiger partial charge in [0.05, 0.1) is 31.1 Å². The van der Waals surface area contributed by atoms with Crippen molar-refractivity contribution in [2.24, 2.45) is 11.7 Å². The van der Waals surface area contributed by atoms with Crippen molar-refractivity contribution < 1.29 is 4.74 Å². The van der Waals surface area contributed by atoms with Crippen LogP contribution in [0.25, 0.3) is 11.3 Å². The molecule has 1 aliphatic carbocycles. The summed E-state index contributed by atoms with van der Waals surface area (Å²) >= 11 is 0. The van der Waals surface area contributed by atoms with E-state index in [1.807, 2.05) is 6.20 Å². The molecule has 0 radical (unpaired) electrons. The molecule has 4 rings (SSSR count). The number of nitrogens with zero attached hydrogens (tertiary/aromatic N) is 4. The summed E-state index contributed by atoms with van der Waals surface area (Å²) in [5, 5.41) is 4.53. The molecule has 6 heteroatoms. The lowest BCUT2D eigenvalue weighted by atomic mass is 9.80. The summed E-state index contributed by atoms with van der Waals surface area (Å²) in [5.41, 5.74) is 7.77. The van der Waals surface area contributed by atoms with Gasteiger partial charge in [0.15, 0.2) is 0 Å². The number of morpholine rings is 1. The minimum absolute atomic E-state index is 0.500. The molecule has 2 aromatic heterocycles. The molecule has 3 heterocycles. The van der Waals surface area contributed by atoms with Crippen LogP contribution >= 0.6 is 0 Å². The highest BCUT2D eigenvalue weighted by Crippen LogP contribution is 2.37. The van der Waals surface area contributed by atoms with Crippen LogP contribution in [0.4, 0.5) is 5.82 Å². The normalized spacial score (nSPS) is 24.5. The number of rotatable bonds is 4. The summed E-state index contributed by atoms with van der Waals surface area (Å²) < 4.78 is 7.48. The fourth-order valence-corrected chi connectivity index (χ4v) is 3.33. The van der Waals surface area contributed by atoms with Crippen LogP contribution in [0.5, 0.6) is 0 Å². The summed E-state index contributed by atoms with van der Waals surface area (Å²) in [5.74, 6) is 1.68. The molecular weight excluding hydrogens is 290 g/mol. The largest absolute Gasteiger partial charge is 0.378 e. The maximum absolute atomic E-state index is 5.70. The Labute approximate surface area is 136 Å². The highest BCUT2D eigenvalue weighted by atomic mass is 16.5. The van der Waals surface area contributed by atoms with Crippen molar-refractivity contribution >= 4 is 5.82 Å². The van der Waals surface area contributed by atoms with E-state index in [9.17, 15) is 0 Å². The summed E-state index contributed by atoms with van der Waals surface area (Å²) in [4.78, 5) is 7.08. The molecule has 0 aromatic carbocycles. The molecule has 0 atom stereocenters. The third kappa shape index (κ3) is 2.96. The second kappa shape index (κ2) is 6.29. The number of nitrogens with two attached hydrogens (primary N) is 1. The minimum atomic E-state index is 0.500. The molecule has 122 valence electrons. The van der Waals surface area contributed by atoms with Crippen LogP contribution in [0.15, 0.2) is 30.6 Å². The number of pyridine rings is 1. The van der Waals surface area contributed by atoms with Crippen LogP contribution in [-0.4, -0.2) is 47.6 Å². The van der Waals surface area contributed by atoms with Gasteiger partial charge in [0.1, 0.15) is 5.82 Å². The molecule has 0 unspecified atom stereocenters. The predicted octanol–water partition coefficient (Wildman–Crippen LogP) is 1.69. The Bertz CT molecular complexity index is 659. The second-order valence-electron chi connectivity index (χ2n) is 6.42. The molecule has 6 nitrogen and oxygen atoms in total. The van der Waals surface area contributed by atoms with Crippen molar-refractivity contribution in [3.63, 3.8) is 0 Å². The smallest absolute Gasteiger partial charge is 0.129 e. The van der Waals surface area contributed by atoms with Gasteiger partial charge in [-0.05, 0) is 37.4 Å². The van der Waals surface area contributed by atoms with Crippen molar-refractivity contribution in [1.29, 1.82) is 0 Å². The fraction of sp³-hybridized carbons (Fsp3) is 0.529. The zero-order valence-corrected chi connectivity index (χ0v) is 13.3. The molecule has 0 spiro atoms. The van der Waals surface area contributed by atoms with Crippen LogP contribution in [-0.2, 0) is 4.74 Å². The Morgan fingerprint density at radius 2 is 2.04 bits per heavy atom. The van der Waals surface area contributed by atoms with Crippen molar-refractivity contribution in [2.45, 2.75) is 18.9 Å². The summed E-state index contributed by atoms with van der Waals surface area (Å²) in [7, 11) is 0. The fourth-order valence-electron chi connectivity index (χ4n) is 3.33. The first-order valence-electron chi connectivity index (χ1n) is 8.38. The van der Waals surface area contributed by atoms with Gasteiger partial charge >= 0.3 is 0 Å². The van der Waals surface area contributed by atoms with E-state index in [4.69, 9.17) is 15.5 Å². The SMILES string of the molecule is NCC1CC(n2cc(-c3cccc(N4CCOCC4)n3)cn2)C1. The topological polar surface area (TPSA) is 69.2 Å². The van der Waals surface area contributed by atoms with E-state index < -0.39 is 0 Å². The van der Waals surface area contributed by atoms with Crippen LogP contribution < -0.4 is 10.6 Å². The van der Waals surface area contributed by atoms with E-state index in [1.54, 1.807) is 0 Å². The van der Waals surface area contributed by atoms with E-state index in [2.05, 4.69) is 39.1 Å². The van der Waals surface area contributed by atoms with Crippen LogP contribution in [0.1, 0.15) is 18.9 Å². The summed E-state index contributed by atoms with van der Waals surface area (Å²) in [6.45, 7) is 4.13. The van der Waals surface area contributed by atoms with Gasteiger partial charge in [-0.25, -0.2) is 4.98 Å². The van der Waals surface area contributed by atoms with Crippen molar-refractivity contribution in [1.82, 2.24) is 14.8 Å². The molecule has 2 N–H and O–H groups in total. The first-order valence-corrected chi connectivity index (χ1v) is 8.38. The van der Waals surface area contributed by atoms with E-state index in [-0.39, 0.29) is 0 Å². The summed E-state index contributed by atoms with van der Waals surface area (Å²) in [6, 6.07) is 6.68. The maximum Gasteiger partial charge on any atom is 0.129 e. The molecule has 2 aromatic rings. The Morgan fingerprint density at radius 3 is 2.83 bits per heavy atom. The van der Waals surface area contributed by atoms with Gasteiger partial charge in [-0.3, -0.25) is 4.68 Å². The molecule has 1 saturated carbocycles. The lowest BCUT2D eigenvalue weighted by molar-refractivity contribution is 0.122. The molecular formula is C17H23N5O. The van der Waals surface area contributed by atoms with Gasteiger partial charge in [0.25, 0.3) is 0 Å². The zero-order chi connectivity index (χ0) is 15.6. The first-order chi connectivity index (χ1) is 11.3. The Balaban J connectivity index is 1.51. The third-order valence-corrected chi connectivity index (χ3v) is 4.89. The number of aromatic nitrogens is 3. The monoisotopic (exact) mass is 313 g/mol. The second-order valence-corrected chi connectivity index (χ2v) is 6.42.